The van der Waals surface area contributed by atoms with E-state index in [9.17, 15) is 12.3 Å². The van der Waals surface area contributed by atoms with E-state index in [0.717, 1.165) is 15.6 Å². The van der Waals surface area contributed by atoms with E-state index in [0.29, 0.717) is 12.8 Å². The third-order valence-corrected chi connectivity index (χ3v) is 4.06. The summed E-state index contributed by atoms with van der Waals surface area (Å²) in [6.07, 6.45) is 1.33. The second-order valence-electron chi connectivity index (χ2n) is 3.20. The number of halogens is 2. The molecule has 84 valence electrons. The zero-order valence-electron chi connectivity index (χ0n) is 8.55. The van der Waals surface area contributed by atoms with E-state index in [1.165, 1.54) is 12.1 Å². The van der Waals surface area contributed by atoms with Crippen molar-refractivity contribution in [2.24, 2.45) is 0 Å². The van der Waals surface area contributed by atoms with Gasteiger partial charge in [-0.05, 0) is 36.1 Å². The van der Waals surface area contributed by atoms with Crippen LogP contribution in [0.4, 0.5) is 3.89 Å². The Morgan fingerprint density at radius 1 is 1.20 bits per heavy atom. The van der Waals surface area contributed by atoms with Crippen LogP contribution in [0.15, 0.2) is 21.5 Å². The van der Waals surface area contributed by atoms with Crippen molar-refractivity contribution in [2.45, 2.75) is 31.6 Å². The van der Waals surface area contributed by atoms with Crippen LogP contribution < -0.4 is 0 Å². The van der Waals surface area contributed by atoms with E-state index in [4.69, 9.17) is 0 Å². The lowest BCUT2D eigenvalue weighted by molar-refractivity contribution is 0.551. The third-order valence-electron chi connectivity index (χ3n) is 2.24. The van der Waals surface area contributed by atoms with Crippen LogP contribution in [0.3, 0.4) is 0 Å². The minimum Gasteiger partial charge on any atom is -0.189 e. The molecule has 15 heavy (non-hydrogen) atoms. The summed E-state index contributed by atoms with van der Waals surface area (Å²) in [7, 11) is -4.61. The summed E-state index contributed by atoms with van der Waals surface area (Å²) in [6, 6.07) is 2.75. The standard InChI is InChI=1S/C10H12BrFO2S/c1-3-7-5-9(15(12,13)14)6-8(4-2)10(7)11/h5-6H,3-4H2,1-2H3. The molecular formula is C10H12BrFO2S. The Bertz CT molecular complexity index is 443. The minimum absolute atomic E-state index is 0.251. The molecule has 0 unspecified atom stereocenters. The molecule has 0 saturated heterocycles. The molecule has 0 aliphatic heterocycles. The molecule has 0 heterocycles. The van der Waals surface area contributed by atoms with Crippen molar-refractivity contribution in [2.75, 3.05) is 0 Å². The average molecular weight is 295 g/mol. The maximum absolute atomic E-state index is 12.8. The predicted octanol–water partition coefficient (Wildman–Crippen LogP) is 3.23. The zero-order chi connectivity index (χ0) is 11.6. The first-order chi connectivity index (χ1) is 6.90. The summed E-state index contributed by atoms with van der Waals surface area (Å²) in [4.78, 5) is -0.251. The monoisotopic (exact) mass is 294 g/mol. The molecule has 2 nitrogen and oxygen atoms in total. The fourth-order valence-corrected chi connectivity index (χ4v) is 2.73. The van der Waals surface area contributed by atoms with E-state index in [-0.39, 0.29) is 4.90 Å². The molecule has 0 bridgehead atoms. The fraction of sp³-hybridized carbons (Fsp3) is 0.400. The summed E-state index contributed by atoms with van der Waals surface area (Å²) < 4.78 is 35.3. The molecule has 0 N–H and O–H groups in total. The quantitative estimate of drug-likeness (QED) is 0.802. The summed E-state index contributed by atoms with van der Waals surface area (Å²) in [5.41, 5.74) is 1.62. The molecule has 1 aromatic carbocycles. The highest BCUT2D eigenvalue weighted by atomic mass is 79.9. The molecule has 0 spiro atoms. The minimum atomic E-state index is -4.61. The van der Waals surface area contributed by atoms with Crippen LogP contribution in [0.25, 0.3) is 0 Å². The highest BCUT2D eigenvalue weighted by molar-refractivity contribution is 9.10. The Labute approximate surface area is 97.8 Å². The molecule has 0 atom stereocenters. The van der Waals surface area contributed by atoms with Crippen molar-refractivity contribution in [1.82, 2.24) is 0 Å². The lowest BCUT2D eigenvalue weighted by Crippen LogP contribution is -1.98. The van der Waals surface area contributed by atoms with Crippen molar-refractivity contribution < 1.29 is 12.3 Å². The van der Waals surface area contributed by atoms with E-state index in [2.05, 4.69) is 15.9 Å². The number of hydrogen-bond acceptors (Lipinski definition) is 2. The third kappa shape index (κ3) is 2.78. The summed E-state index contributed by atoms with van der Waals surface area (Å²) in [5.74, 6) is 0. The van der Waals surface area contributed by atoms with Crippen molar-refractivity contribution in [1.29, 1.82) is 0 Å². The van der Waals surface area contributed by atoms with Gasteiger partial charge in [-0.3, -0.25) is 0 Å². The maximum Gasteiger partial charge on any atom is 0.332 e. The van der Waals surface area contributed by atoms with Gasteiger partial charge in [-0.25, -0.2) is 0 Å². The highest BCUT2D eigenvalue weighted by Crippen LogP contribution is 2.27. The van der Waals surface area contributed by atoms with Gasteiger partial charge in [-0.2, -0.15) is 8.42 Å². The number of hydrogen-bond donors (Lipinski definition) is 0. The van der Waals surface area contributed by atoms with Crippen LogP contribution >= 0.6 is 15.9 Å². The number of aryl methyl sites for hydroxylation is 2. The molecule has 0 aliphatic carbocycles. The summed E-state index contributed by atoms with van der Waals surface area (Å²) >= 11 is 3.39. The fourth-order valence-electron chi connectivity index (χ4n) is 1.37. The lowest BCUT2D eigenvalue weighted by Gasteiger charge is -2.08. The topological polar surface area (TPSA) is 34.1 Å². The molecular weight excluding hydrogens is 283 g/mol. The van der Waals surface area contributed by atoms with Gasteiger partial charge < -0.3 is 0 Å². The molecule has 0 fully saturated rings. The molecule has 0 aromatic heterocycles. The Kier molecular flexibility index (Phi) is 3.89. The van der Waals surface area contributed by atoms with E-state index in [1.807, 2.05) is 13.8 Å². The first-order valence-electron chi connectivity index (χ1n) is 4.66. The summed E-state index contributed by atoms with van der Waals surface area (Å²) in [6.45, 7) is 3.79. The Hall–Kier alpha value is -0.420. The smallest absolute Gasteiger partial charge is 0.189 e. The van der Waals surface area contributed by atoms with Crippen molar-refractivity contribution in [3.63, 3.8) is 0 Å². The van der Waals surface area contributed by atoms with Crippen LogP contribution in [-0.4, -0.2) is 8.42 Å². The van der Waals surface area contributed by atoms with Crippen LogP contribution in [0.2, 0.25) is 0 Å². The Balaban J connectivity index is 3.47. The van der Waals surface area contributed by atoms with Gasteiger partial charge in [0.2, 0.25) is 0 Å². The first kappa shape index (κ1) is 12.6. The largest absolute Gasteiger partial charge is 0.332 e. The van der Waals surface area contributed by atoms with Crippen LogP contribution in [0, 0.1) is 0 Å². The lowest BCUT2D eigenvalue weighted by atomic mass is 10.1. The van der Waals surface area contributed by atoms with Gasteiger partial charge in [-0.15, -0.1) is 3.89 Å². The molecule has 1 rings (SSSR count). The van der Waals surface area contributed by atoms with Gasteiger partial charge in [0.05, 0.1) is 4.90 Å². The second kappa shape index (κ2) is 4.61. The van der Waals surface area contributed by atoms with Crippen LogP contribution in [-0.2, 0) is 23.1 Å². The number of benzene rings is 1. The second-order valence-corrected chi connectivity index (χ2v) is 5.34. The van der Waals surface area contributed by atoms with E-state index >= 15 is 0 Å². The van der Waals surface area contributed by atoms with Gasteiger partial charge >= 0.3 is 10.2 Å². The van der Waals surface area contributed by atoms with Gasteiger partial charge in [0, 0.05) is 4.47 Å². The van der Waals surface area contributed by atoms with Crippen molar-refractivity contribution >= 4 is 26.2 Å². The maximum atomic E-state index is 12.8. The first-order valence-corrected chi connectivity index (χ1v) is 6.83. The molecule has 0 radical (unpaired) electrons. The molecule has 5 heteroatoms. The Morgan fingerprint density at radius 2 is 1.60 bits per heavy atom. The molecule has 0 amide bonds. The van der Waals surface area contributed by atoms with Gasteiger partial charge in [-0.1, -0.05) is 29.8 Å². The summed E-state index contributed by atoms with van der Waals surface area (Å²) in [5, 5.41) is 0. The molecule has 0 saturated carbocycles. The van der Waals surface area contributed by atoms with E-state index < -0.39 is 10.2 Å². The van der Waals surface area contributed by atoms with E-state index in [1.54, 1.807) is 0 Å². The van der Waals surface area contributed by atoms with Crippen molar-refractivity contribution in [3.8, 4) is 0 Å². The highest BCUT2D eigenvalue weighted by Gasteiger charge is 2.16. The van der Waals surface area contributed by atoms with Crippen LogP contribution in [0.5, 0.6) is 0 Å². The number of rotatable bonds is 3. The SMILES string of the molecule is CCc1cc(S(=O)(=O)F)cc(CC)c1Br. The van der Waals surface area contributed by atoms with Crippen LogP contribution in [0.1, 0.15) is 25.0 Å². The Morgan fingerprint density at radius 3 is 1.87 bits per heavy atom. The average Bonchev–Trinajstić information content (AvgIpc) is 2.16. The molecule has 0 aliphatic rings. The molecule has 1 aromatic rings. The van der Waals surface area contributed by atoms with Gasteiger partial charge in [0.15, 0.2) is 0 Å². The normalized spacial score (nSPS) is 11.7. The predicted molar refractivity (Wildman–Crippen MR) is 61.2 cm³/mol. The zero-order valence-corrected chi connectivity index (χ0v) is 11.0. The van der Waals surface area contributed by atoms with Gasteiger partial charge in [0.1, 0.15) is 0 Å². The van der Waals surface area contributed by atoms with Gasteiger partial charge in [0.25, 0.3) is 0 Å². The van der Waals surface area contributed by atoms with Crippen molar-refractivity contribution in [3.05, 3.63) is 27.7 Å².